The van der Waals surface area contributed by atoms with Crippen molar-refractivity contribution in [2.24, 2.45) is 0 Å². The minimum absolute atomic E-state index is 0.139. The molecule has 0 radical (unpaired) electrons. The summed E-state index contributed by atoms with van der Waals surface area (Å²) in [7, 11) is 2.99. The van der Waals surface area contributed by atoms with E-state index < -0.39 is 29.6 Å². The van der Waals surface area contributed by atoms with Crippen molar-refractivity contribution in [1.29, 1.82) is 0 Å². The molecule has 0 spiro atoms. The molecule has 1 saturated heterocycles. The minimum atomic E-state index is -4.58. The number of ether oxygens (including phenoxy) is 1. The molecule has 3 amide bonds. The first kappa shape index (κ1) is 34.6. The fraction of sp³-hybridized carbons (Fsp3) is 0.314. The number of benzene rings is 3. The predicted octanol–water partition coefficient (Wildman–Crippen LogP) is 6.57. The Morgan fingerprint density at radius 3 is 2.46 bits per heavy atom. The zero-order chi connectivity index (χ0) is 34.6. The number of nitrogens with one attached hydrogen (secondary N) is 2. The summed E-state index contributed by atoms with van der Waals surface area (Å²) in [5, 5.41) is 9.72. The number of alkyl halides is 3. The second kappa shape index (κ2) is 14.6. The first-order chi connectivity index (χ1) is 22.9. The molecule has 3 unspecified atom stereocenters. The number of aryl methyl sites for hydroxylation is 1. The van der Waals surface area contributed by atoms with Gasteiger partial charge in [0.2, 0.25) is 5.91 Å². The van der Waals surface area contributed by atoms with Gasteiger partial charge >= 0.3 is 6.18 Å². The summed E-state index contributed by atoms with van der Waals surface area (Å²) in [5.41, 5.74) is 1.64. The zero-order valence-corrected chi connectivity index (χ0v) is 27.2. The summed E-state index contributed by atoms with van der Waals surface area (Å²) in [6.07, 6.45) is -4.48. The smallest absolute Gasteiger partial charge is 0.380 e. The van der Waals surface area contributed by atoms with Gasteiger partial charge in [-0.05, 0) is 54.8 Å². The van der Waals surface area contributed by atoms with Crippen molar-refractivity contribution in [2.75, 3.05) is 27.2 Å². The van der Waals surface area contributed by atoms with Gasteiger partial charge in [-0.15, -0.1) is 0 Å². The van der Waals surface area contributed by atoms with Crippen LogP contribution in [0.4, 0.5) is 13.2 Å². The summed E-state index contributed by atoms with van der Waals surface area (Å²) in [6.45, 7) is 2.38. The Hall–Kier alpha value is -4.68. The molecule has 1 aliphatic heterocycles. The Balaban J connectivity index is 1.34. The molecule has 2 N–H and O–H groups in total. The van der Waals surface area contributed by atoms with Crippen LogP contribution in [-0.2, 0) is 15.7 Å². The number of hydrogen-bond donors (Lipinski definition) is 2. The molecule has 13 heteroatoms. The van der Waals surface area contributed by atoms with Crippen LogP contribution in [-0.4, -0.2) is 61.1 Å². The van der Waals surface area contributed by atoms with E-state index in [2.05, 4.69) is 15.8 Å². The fourth-order valence-electron chi connectivity index (χ4n) is 5.87. The largest absolute Gasteiger partial charge is 0.416 e. The first-order valence-corrected chi connectivity index (χ1v) is 15.6. The normalized spacial score (nSPS) is 17.1. The van der Waals surface area contributed by atoms with E-state index in [1.165, 1.54) is 19.2 Å². The maximum atomic E-state index is 13.9. The summed E-state index contributed by atoms with van der Waals surface area (Å²) in [5.74, 6) is -1.06. The van der Waals surface area contributed by atoms with Crippen LogP contribution in [0.3, 0.4) is 0 Å². The van der Waals surface area contributed by atoms with E-state index in [1.54, 1.807) is 67.5 Å². The van der Waals surface area contributed by atoms with Gasteiger partial charge in [0, 0.05) is 44.3 Å². The van der Waals surface area contributed by atoms with Crippen molar-refractivity contribution >= 4 is 29.3 Å². The Bertz CT molecular complexity index is 1790. The zero-order valence-electron chi connectivity index (χ0n) is 26.4. The predicted molar refractivity (Wildman–Crippen MR) is 173 cm³/mol. The highest BCUT2D eigenvalue weighted by Crippen LogP contribution is 2.35. The molecule has 252 valence electrons. The highest BCUT2D eigenvalue weighted by Gasteiger charge is 2.35. The van der Waals surface area contributed by atoms with E-state index in [9.17, 15) is 27.6 Å². The summed E-state index contributed by atoms with van der Waals surface area (Å²) < 4.78 is 51.3. The van der Waals surface area contributed by atoms with E-state index in [4.69, 9.17) is 20.9 Å². The lowest BCUT2D eigenvalue weighted by atomic mass is 9.88. The van der Waals surface area contributed by atoms with Crippen molar-refractivity contribution < 1.29 is 36.8 Å². The molecule has 0 aliphatic carbocycles. The lowest BCUT2D eigenvalue weighted by Crippen LogP contribution is -2.46. The molecule has 48 heavy (non-hydrogen) atoms. The van der Waals surface area contributed by atoms with Gasteiger partial charge in [0.15, 0.2) is 0 Å². The van der Waals surface area contributed by atoms with E-state index in [1.807, 2.05) is 0 Å². The monoisotopic (exact) mass is 682 g/mol. The van der Waals surface area contributed by atoms with Crippen LogP contribution in [0.1, 0.15) is 68.0 Å². The quantitative estimate of drug-likeness (QED) is 0.206. The number of likely N-dealkylation sites (tertiary alicyclic amines) is 1. The van der Waals surface area contributed by atoms with Crippen molar-refractivity contribution in [3.63, 3.8) is 0 Å². The molecule has 3 atom stereocenters. The number of halogens is 4. The molecule has 2 heterocycles. The summed E-state index contributed by atoms with van der Waals surface area (Å²) >= 11 is 6.41. The SMILES string of the molecule is CNC(=O)CC(NC(=O)c1ccc(C2CC(OC)CN(C(=O)c3c(-c4ccccc4Cl)noc3C)C2)cc1)c1cccc(C(F)(F)F)c1. The molecule has 4 aromatic rings. The Morgan fingerprint density at radius 1 is 1.06 bits per heavy atom. The van der Waals surface area contributed by atoms with E-state index in [0.717, 1.165) is 17.7 Å². The number of methoxy groups -OCH3 is 1. The molecular formula is C35H34ClF3N4O5. The van der Waals surface area contributed by atoms with Gasteiger partial charge in [0.25, 0.3) is 11.8 Å². The maximum absolute atomic E-state index is 13.9. The molecule has 9 nitrogen and oxygen atoms in total. The first-order valence-electron chi connectivity index (χ1n) is 15.2. The second-order valence-electron chi connectivity index (χ2n) is 11.6. The second-order valence-corrected chi connectivity index (χ2v) is 12.0. The van der Waals surface area contributed by atoms with Crippen molar-refractivity contribution in [1.82, 2.24) is 20.7 Å². The van der Waals surface area contributed by atoms with Crippen molar-refractivity contribution in [3.8, 4) is 11.3 Å². The van der Waals surface area contributed by atoms with Gasteiger partial charge in [-0.25, -0.2) is 0 Å². The highest BCUT2D eigenvalue weighted by molar-refractivity contribution is 6.33. The third kappa shape index (κ3) is 7.71. The Morgan fingerprint density at radius 2 is 1.79 bits per heavy atom. The molecule has 5 rings (SSSR count). The fourth-order valence-corrected chi connectivity index (χ4v) is 6.09. The Labute approximate surface area is 280 Å². The third-order valence-corrected chi connectivity index (χ3v) is 8.80. The van der Waals surface area contributed by atoms with E-state index >= 15 is 0 Å². The van der Waals surface area contributed by atoms with E-state index in [-0.39, 0.29) is 35.5 Å². The van der Waals surface area contributed by atoms with Crippen LogP contribution < -0.4 is 10.6 Å². The van der Waals surface area contributed by atoms with Gasteiger partial charge in [0.1, 0.15) is 17.0 Å². The molecule has 1 fully saturated rings. The van der Waals surface area contributed by atoms with Gasteiger partial charge < -0.3 is 24.8 Å². The molecular weight excluding hydrogens is 649 g/mol. The number of carbonyl (C=O) groups is 3. The number of aromatic nitrogens is 1. The van der Waals surface area contributed by atoms with Crippen molar-refractivity contribution in [2.45, 2.75) is 44.0 Å². The molecule has 3 aromatic carbocycles. The lowest BCUT2D eigenvalue weighted by Gasteiger charge is -2.37. The van der Waals surface area contributed by atoms with Gasteiger partial charge in [-0.3, -0.25) is 14.4 Å². The number of piperidine rings is 1. The van der Waals surface area contributed by atoms with Crippen LogP contribution in [0.15, 0.2) is 77.3 Å². The topological polar surface area (TPSA) is 114 Å². The number of nitrogens with zero attached hydrogens (tertiary/aromatic N) is 2. The molecule has 1 aliphatic rings. The van der Waals surface area contributed by atoms with E-state index in [0.29, 0.717) is 47.1 Å². The maximum Gasteiger partial charge on any atom is 0.416 e. The minimum Gasteiger partial charge on any atom is -0.380 e. The van der Waals surface area contributed by atoms with Crippen molar-refractivity contribution in [3.05, 3.63) is 111 Å². The molecule has 1 aromatic heterocycles. The van der Waals surface area contributed by atoms with Gasteiger partial charge in [-0.1, -0.05) is 59.2 Å². The summed E-state index contributed by atoms with van der Waals surface area (Å²) in [4.78, 5) is 41.1. The molecule has 0 saturated carbocycles. The van der Waals surface area contributed by atoms with Gasteiger partial charge in [0.05, 0.1) is 29.2 Å². The summed E-state index contributed by atoms with van der Waals surface area (Å²) in [6, 6.07) is 17.4. The van der Waals surface area contributed by atoms with Crippen LogP contribution in [0.25, 0.3) is 11.3 Å². The van der Waals surface area contributed by atoms with Crippen LogP contribution in [0.5, 0.6) is 0 Å². The number of rotatable bonds is 9. The van der Waals surface area contributed by atoms with Gasteiger partial charge in [-0.2, -0.15) is 13.2 Å². The lowest BCUT2D eigenvalue weighted by molar-refractivity contribution is -0.137. The average molecular weight is 683 g/mol. The number of carbonyl (C=O) groups excluding carboxylic acids is 3. The molecule has 0 bridgehead atoms. The standard InChI is InChI=1S/C35H34ClF3N4O5/c1-20-31(32(42-48-20)27-9-4-5-10-28(27)36)34(46)43-18-24(16-26(19-43)47-3)21-11-13-22(14-12-21)33(45)41-29(17-30(44)40-2)23-7-6-8-25(15-23)35(37,38)39/h4-15,24,26,29H,16-19H2,1-3H3,(H,40,44)(H,41,45). The number of amides is 3. The highest BCUT2D eigenvalue weighted by atomic mass is 35.5. The average Bonchev–Trinajstić information content (AvgIpc) is 3.47. The Kier molecular flexibility index (Phi) is 10.5. The van der Waals surface area contributed by atoms with Crippen LogP contribution in [0.2, 0.25) is 5.02 Å². The van der Waals surface area contributed by atoms with Crippen LogP contribution >= 0.6 is 11.6 Å². The van der Waals surface area contributed by atoms with Crippen LogP contribution in [0, 0.1) is 6.92 Å². The number of hydrogen-bond acceptors (Lipinski definition) is 6. The third-order valence-electron chi connectivity index (χ3n) is 8.47.